The fraction of sp³-hybridized carbons (Fsp3) is 0.273. The molecule has 0 aliphatic rings. The van der Waals surface area contributed by atoms with Crippen molar-refractivity contribution in [1.29, 1.82) is 0 Å². The molecule has 0 aliphatic heterocycles. The third kappa shape index (κ3) is 2.42. The van der Waals surface area contributed by atoms with Crippen LogP contribution in [0, 0.1) is 0 Å². The molecule has 0 fully saturated rings. The van der Waals surface area contributed by atoms with Gasteiger partial charge in [-0.05, 0) is 24.1 Å². The average molecular weight is 192 g/mol. The number of hydrogen-bond acceptors (Lipinski definition) is 3. The van der Waals surface area contributed by atoms with E-state index in [9.17, 15) is 9.59 Å². The molecule has 0 aromatic heterocycles. The van der Waals surface area contributed by atoms with Crippen molar-refractivity contribution in [3.8, 4) is 5.75 Å². The Labute approximate surface area is 82.7 Å². The Hall–Kier alpha value is -1.64. The number of aryl methyl sites for hydroxylation is 1. The van der Waals surface area contributed by atoms with E-state index < -0.39 is 5.97 Å². The molecule has 74 valence electrons. The lowest BCUT2D eigenvalue weighted by Crippen LogP contribution is -2.04. The molecule has 0 saturated heterocycles. The third-order valence-electron chi connectivity index (χ3n) is 1.86. The van der Waals surface area contributed by atoms with Crippen molar-refractivity contribution >= 4 is 12.3 Å². The molecule has 3 nitrogen and oxygen atoms in total. The quantitative estimate of drug-likeness (QED) is 0.418. The van der Waals surface area contributed by atoms with Gasteiger partial charge in [-0.15, -0.1) is 0 Å². The minimum atomic E-state index is -0.419. The van der Waals surface area contributed by atoms with Gasteiger partial charge in [0.05, 0.1) is 5.56 Å². The number of benzene rings is 1. The standard InChI is InChI=1S/C11H12O3/c1-3-9-4-5-11(14-8(2)13)10(6-9)7-12/h4-7H,3H2,1-2H3. The second-order valence-corrected chi connectivity index (χ2v) is 2.94. The molecule has 0 heterocycles. The molecule has 1 aromatic carbocycles. The summed E-state index contributed by atoms with van der Waals surface area (Å²) >= 11 is 0. The van der Waals surface area contributed by atoms with Crippen LogP contribution in [0.5, 0.6) is 5.75 Å². The van der Waals surface area contributed by atoms with Gasteiger partial charge in [0.25, 0.3) is 0 Å². The Balaban J connectivity index is 3.04. The van der Waals surface area contributed by atoms with Gasteiger partial charge in [-0.25, -0.2) is 0 Å². The summed E-state index contributed by atoms with van der Waals surface area (Å²) in [6.45, 7) is 3.30. The summed E-state index contributed by atoms with van der Waals surface area (Å²) in [7, 11) is 0. The molecule has 0 aliphatic carbocycles. The summed E-state index contributed by atoms with van der Waals surface area (Å²) in [6, 6.07) is 5.21. The predicted molar refractivity (Wildman–Crippen MR) is 52.5 cm³/mol. The highest BCUT2D eigenvalue weighted by Crippen LogP contribution is 2.18. The zero-order chi connectivity index (χ0) is 10.6. The summed E-state index contributed by atoms with van der Waals surface area (Å²) in [5.74, 6) is -0.0953. The second-order valence-electron chi connectivity index (χ2n) is 2.94. The third-order valence-corrected chi connectivity index (χ3v) is 1.86. The molecule has 0 atom stereocenters. The molecule has 14 heavy (non-hydrogen) atoms. The summed E-state index contributed by atoms with van der Waals surface area (Å²) in [6.07, 6.45) is 1.54. The molecule has 1 rings (SSSR count). The lowest BCUT2D eigenvalue weighted by atomic mass is 10.1. The molecule has 0 radical (unpaired) electrons. The van der Waals surface area contributed by atoms with E-state index in [-0.39, 0.29) is 0 Å². The smallest absolute Gasteiger partial charge is 0.308 e. The van der Waals surface area contributed by atoms with Crippen LogP contribution < -0.4 is 4.74 Å². The maximum atomic E-state index is 10.7. The van der Waals surface area contributed by atoms with E-state index in [1.54, 1.807) is 12.1 Å². The minimum Gasteiger partial charge on any atom is -0.426 e. The van der Waals surface area contributed by atoms with E-state index in [1.807, 2.05) is 13.0 Å². The van der Waals surface area contributed by atoms with Crippen molar-refractivity contribution in [3.05, 3.63) is 29.3 Å². The molecule has 0 unspecified atom stereocenters. The monoisotopic (exact) mass is 192 g/mol. The Morgan fingerprint density at radius 2 is 2.21 bits per heavy atom. The van der Waals surface area contributed by atoms with Gasteiger partial charge < -0.3 is 4.74 Å². The van der Waals surface area contributed by atoms with Crippen molar-refractivity contribution in [1.82, 2.24) is 0 Å². The Morgan fingerprint density at radius 3 is 2.71 bits per heavy atom. The van der Waals surface area contributed by atoms with Crippen LogP contribution in [0.2, 0.25) is 0 Å². The molecule has 0 spiro atoms. The topological polar surface area (TPSA) is 43.4 Å². The number of carbonyl (C=O) groups excluding carboxylic acids is 2. The SMILES string of the molecule is CCc1ccc(OC(C)=O)c(C=O)c1. The minimum absolute atomic E-state index is 0.324. The zero-order valence-corrected chi connectivity index (χ0v) is 8.24. The predicted octanol–water partition coefficient (Wildman–Crippen LogP) is 1.99. The van der Waals surface area contributed by atoms with E-state index in [0.29, 0.717) is 17.6 Å². The summed E-state index contributed by atoms with van der Waals surface area (Å²) in [5.41, 5.74) is 1.46. The fourth-order valence-corrected chi connectivity index (χ4v) is 1.16. The zero-order valence-electron chi connectivity index (χ0n) is 8.24. The van der Waals surface area contributed by atoms with Crippen LogP contribution in [0.3, 0.4) is 0 Å². The van der Waals surface area contributed by atoms with Crippen LogP contribution in [0.15, 0.2) is 18.2 Å². The van der Waals surface area contributed by atoms with Crippen LogP contribution >= 0.6 is 0 Å². The van der Waals surface area contributed by atoms with Crippen LogP contribution in [0.4, 0.5) is 0 Å². The molecule has 0 saturated carbocycles. The van der Waals surface area contributed by atoms with E-state index in [1.165, 1.54) is 6.92 Å². The second kappa shape index (κ2) is 4.56. The van der Waals surface area contributed by atoms with Gasteiger partial charge in [-0.3, -0.25) is 9.59 Å². The normalized spacial score (nSPS) is 9.57. The summed E-state index contributed by atoms with van der Waals surface area (Å²) in [5, 5.41) is 0. The maximum absolute atomic E-state index is 10.7. The number of hydrogen-bond donors (Lipinski definition) is 0. The van der Waals surface area contributed by atoms with E-state index in [4.69, 9.17) is 4.74 Å². The van der Waals surface area contributed by atoms with E-state index in [2.05, 4.69) is 0 Å². The number of ether oxygens (including phenoxy) is 1. The molecule has 0 bridgehead atoms. The Kier molecular flexibility index (Phi) is 3.40. The Bertz CT molecular complexity index is 356. The van der Waals surface area contributed by atoms with Gasteiger partial charge in [0.2, 0.25) is 0 Å². The first kappa shape index (κ1) is 10.4. The lowest BCUT2D eigenvalue weighted by molar-refractivity contribution is -0.131. The van der Waals surface area contributed by atoms with Gasteiger partial charge >= 0.3 is 5.97 Å². The van der Waals surface area contributed by atoms with Crippen molar-refractivity contribution in [3.63, 3.8) is 0 Å². The van der Waals surface area contributed by atoms with Crippen LogP contribution in [-0.4, -0.2) is 12.3 Å². The van der Waals surface area contributed by atoms with Gasteiger partial charge in [0, 0.05) is 6.92 Å². The van der Waals surface area contributed by atoms with E-state index >= 15 is 0 Å². The van der Waals surface area contributed by atoms with Gasteiger partial charge in [-0.2, -0.15) is 0 Å². The summed E-state index contributed by atoms with van der Waals surface area (Å²) in [4.78, 5) is 21.4. The van der Waals surface area contributed by atoms with Crippen LogP contribution in [0.25, 0.3) is 0 Å². The van der Waals surface area contributed by atoms with Crippen molar-refractivity contribution < 1.29 is 14.3 Å². The lowest BCUT2D eigenvalue weighted by Gasteiger charge is -2.05. The number of esters is 1. The first-order valence-electron chi connectivity index (χ1n) is 4.44. The van der Waals surface area contributed by atoms with Crippen molar-refractivity contribution in [2.24, 2.45) is 0 Å². The maximum Gasteiger partial charge on any atom is 0.308 e. The average Bonchev–Trinajstić information content (AvgIpc) is 2.17. The highest BCUT2D eigenvalue weighted by molar-refractivity contribution is 5.82. The molecule has 3 heteroatoms. The number of aldehydes is 1. The van der Waals surface area contributed by atoms with Crippen molar-refractivity contribution in [2.75, 3.05) is 0 Å². The van der Waals surface area contributed by atoms with Gasteiger partial charge in [0.15, 0.2) is 6.29 Å². The largest absolute Gasteiger partial charge is 0.426 e. The molecule has 0 N–H and O–H groups in total. The van der Waals surface area contributed by atoms with Crippen LogP contribution in [0.1, 0.15) is 29.8 Å². The Morgan fingerprint density at radius 1 is 1.50 bits per heavy atom. The van der Waals surface area contributed by atoms with Crippen LogP contribution in [-0.2, 0) is 11.2 Å². The van der Waals surface area contributed by atoms with Gasteiger partial charge in [-0.1, -0.05) is 13.0 Å². The molecular weight excluding hydrogens is 180 g/mol. The van der Waals surface area contributed by atoms with E-state index in [0.717, 1.165) is 12.0 Å². The summed E-state index contributed by atoms with van der Waals surface area (Å²) < 4.78 is 4.87. The fourth-order valence-electron chi connectivity index (χ4n) is 1.16. The highest BCUT2D eigenvalue weighted by Gasteiger charge is 2.05. The van der Waals surface area contributed by atoms with Gasteiger partial charge in [0.1, 0.15) is 5.75 Å². The molecule has 0 amide bonds. The highest BCUT2D eigenvalue weighted by atomic mass is 16.5. The number of rotatable bonds is 3. The first-order chi connectivity index (χ1) is 6.67. The molecular formula is C11H12O3. The number of carbonyl (C=O) groups is 2. The van der Waals surface area contributed by atoms with Crippen molar-refractivity contribution in [2.45, 2.75) is 20.3 Å². The molecule has 1 aromatic rings. The first-order valence-corrected chi connectivity index (χ1v) is 4.44.